The fourth-order valence-corrected chi connectivity index (χ4v) is 2.12. The van der Waals surface area contributed by atoms with Gasteiger partial charge in [-0.15, -0.1) is 0 Å². The third-order valence-corrected chi connectivity index (χ3v) is 3.03. The zero-order valence-electron chi connectivity index (χ0n) is 10.5. The molecule has 1 aliphatic carbocycles. The second kappa shape index (κ2) is 5.67. The van der Waals surface area contributed by atoms with Crippen LogP contribution in [0, 0.1) is 0 Å². The van der Waals surface area contributed by atoms with Gasteiger partial charge in [-0.1, -0.05) is 6.08 Å². The summed E-state index contributed by atoms with van der Waals surface area (Å²) in [6, 6.07) is 3.43. The van der Waals surface area contributed by atoms with Crippen molar-refractivity contribution in [2.75, 3.05) is 6.61 Å². The standard InChI is InChI=1S/C14H17NO3/c1-2-18-14(17)12-8-5-9-15(12)10-13(16)11-6-3-4-7-11/h5-6,8-9H,2-4,7,10H2,1H3. The van der Waals surface area contributed by atoms with Crippen LogP contribution in [0.5, 0.6) is 0 Å². The summed E-state index contributed by atoms with van der Waals surface area (Å²) in [5.74, 6) is -0.287. The van der Waals surface area contributed by atoms with Crippen LogP contribution in [0.2, 0.25) is 0 Å². The molecule has 0 N–H and O–H groups in total. The van der Waals surface area contributed by atoms with E-state index in [0.29, 0.717) is 12.3 Å². The fraction of sp³-hybridized carbons (Fsp3) is 0.429. The van der Waals surface area contributed by atoms with Gasteiger partial charge in [0.1, 0.15) is 5.69 Å². The molecular formula is C14H17NO3. The summed E-state index contributed by atoms with van der Waals surface area (Å²) < 4.78 is 6.60. The molecular weight excluding hydrogens is 230 g/mol. The van der Waals surface area contributed by atoms with Crippen LogP contribution in [-0.2, 0) is 16.1 Å². The molecule has 0 amide bonds. The minimum absolute atomic E-state index is 0.0919. The molecule has 0 unspecified atom stereocenters. The van der Waals surface area contributed by atoms with Gasteiger partial charge in [0.05, 0.1) is 13.2 Å². The lowest BCUT2D eigenvalue weighted by Crippen LogP contribution is -2.17. The van der Waals surface area contributed by atoms with Crippen molar-refractivity contribution in [3.8, 4) is 0 Å². The van der Waals surface area contributed by atoms with E-state index in [1.807, 2.05) is 6.08 Å². The van der Waals surface area contributed by atoms with Crippen LogP contribution >= 0.6 is 0 Å². The highest BCUT2D eigenvalue weighted by Gasteiger charge is 2.17. The fourth-order valence-electron chi connectivity index (χ4n) is 2.12. The van der Waals surface area contributed by atoms with E-state index in [-0.39, 0.29) is 18.3 Å². The number of carbonyl (C=O) groups is 2. The van der Waals surface area contributed by atoms with Crippen molar-refractivity contribution >= 4 is 11.8 Å². The first-order valence-electron chi connectivity index (χ1n) is 6.27. The maximum Gasteiger partial charge on any atom is 0.354 e. The summed E-state index contributed by atoms with van der Waals surface area (Å²) in [5.41, 5.74) is 1.32. The van der Waals surface area contributed by atoms with Gasteiger partial charge in [-0.3, -0.25) is 4.79 Å². The lowest BCUT2D eigenvalue weighted by molar-refractivity contribution is -0.116. The van der Waals surface area contributed by atoms with E-state index >= 15 is 0 Å². The van der Waals surface area contributed by atoms with Crippen LogP contribution in [0.15, 0.2) is 30.0 Å². The molecule has 0 bridgehead atoms. The number of Topliss-reactive ketones (excluding diaryl/α,β-unsaturated/α-hetero) is 1. The first kappa shape index (κ1) is 12.6. The smallest absolute Gasteiger partial charge is 0.354 e. The van der Waals surface area contributed by atoms with E-state index in [1.165, 1.54) is 0 Å². The molecule has 1 aromatic heterocycles. The summed E-state index contributed by atoms with van der Waals surface area (Å²) in [5, 5.41) is 0. The number of ketones is 1. The summed E-state index contributed by atoms with van der Waals surface area (Å²) in [6.07, 6.45) is 6.62. The Morgan fingerprint density at radius 3 is 2.94 bits per heavy atom. The number of allylic oxidation sites excluding steroid dienone is 2. The Morgan fingerprint density at radius 1 is 1.44 bits per heavy atom. The zero-order valence-corrected chi connectivity index (χ0v) is 10.5. The molecule has 0 aromatic carbocycles. The molecule has 0 fully saturated rings. The average molecular weight is 247 g/mol. The summed E-state index contributed by atoms with van der Waals surface area (Å²) in [7, 11) is 0. The molecule has 1 heterocycles. The highest BCUT2D eigenvalue weighted by Crippen LogP contribution is 2.19. The molecule has 0 aliphatic heterocycles. The number of hydrogen-bond acceptors (Lipinski definition) is 3. The number of aromatic nitrogens is 1. The summed E-state index contributed by atoms with van der Waals surface area (Å²) >= 11 is 0. The van der Waals surface area contributed by atoms with Crippen molar-refractivity contribution in [3.63, 3.8) is 0 Å². The molecule has 0 atom stereocenters. The van der Waals surface area contributed by atoms with Crippen LogP contribution in [0.25, 0.3) is 0 Å². The van der Waals surface area contributed by atoms with Crippen LogP contribution < -0.4 is 0 Å². The van der Waals surface area contributed by atoms with Gasteiger partial charge in [0, 0.05) is 6.20 Å². The van der Waals surface area contributed by atoms with Crippen molar-refractivity contribution in [2.24, 2.45) is 0 Å². The summed E-state index contributed by atoms with van der Waals surface area (Å²) in [4.78, 5) is 23.7. The molecule has 1 aromatic rings. The van der Waals surface area contributed by atoms with E-state index in [9.17, 15) is 9.59 Å². The number of hydrogen-bond donors (Lipinski definition) is 0. The Hall–Kier alpha value is -1.84. The Kier molecular flexibility index (Phi) is 3.97. The first-order chi connectivity index (χ1) is 8.72. The average Bonchev–Trinajstić information content (AvgIpc) is 2.99. The van der Waals surface area contributed by atoms with E-state index in [2.05, 4.69) is 0 Å². The number of ether oxygens (including phenoxy) is 1. The molecule has 0 radical (unpaired) electrons. The van der Waals surface area contributed by atoms with E-state index < -0.39 is 0 Å². The maximum atomic E-state index is 12.0. The Labute approximate surface area is 106 Å². The molecule has 4 heteroatoms. The van der Waals surface area contributed by atoms with Crippen LogP contribution in [0.4, 0.5) is 0 Å². The van der Waals surface area contributed by atoms with Crippen molar-refractivity contribution in [3.05, 3.63) is 35.7 Å². The monoisotopic (exact) mass is 247 g/mol. The van der Waals surface area contributed by atoms with Gasteiger partial charge in [0.25, 0.3) is 0 Å². The minimum atomic E-state index is -0.379. The van der Waals surface area contributed by atoms with Gasteiger partial charge in [-0.2, -0.15) is 0 Å². The van der Waals surface area contributed by atoms with Crippen LogP contribution in [0.1, 0.15) is 36.7 Å². The zero-order chi connectivity index (χ0) is 13.0. The highest BCUT2D eigenvalue weighted by molar-refractivity contribution is 5.96. The van der Waals surface area contributed by atoms with Gasteiger partial charge in [0.15, 0.2) is 5.78 Å². The topological polar surface area (TPSA) is 48.3 Å². The minimum Gasteiger partial charge on any atom is -0.461 e. The lowest BCUT2D eigenvalue weighted by atomic mass is 10.1. The SMILES string of the molecule is CCOC(=O)c1cccn1CC(=O)C1=CCCC1. The molecule has 0 saturated carbocycles. The van der Waals surface area contributed by atoms with Gasteiger partial charge in [-0.05, 0) is 43.9 Å². The van der Waals surface area contributed by atoms with Crippen molar-refractivity contribution in [1.29, 1.82) is 0 Å². The molecule has 1 aliphatic rings. The number of nitrogens with zero attached hydrogens (tertiary/aromatic N) is 1. The van der Waals surface area contributed by atoms with E-state index in [1.54, 1.807) is 29.8 Å². The normalized spacial score (nSPS) is 14.4. The quantitative estimate of drug-likeness (QED) is 0.750. The molecule has 18 heavy (non-hydrogen) atoms. The third kappa shape index (κ3) is 2.70. The molecule has 0 spiro atoms. The molecule has 96 valence electrons. The molecule has 4 nitrogen and oxygen atoms in total. The Bertz CT molecular complexity index is 485. The van der Waals surface area contributed by atoms with Crippen molar-refractivity contribution in [1.82, 2.24) is 4.57 Å². The van der Waals surface area contributed by atoms with Gasteiger partial charge in [0.2, 0.25) is 0 Å². The molecule has 0 saturated heterocycles. The predicted molar refractivity (Wildman–Crippen MR) is 67.3 cm³/mol. The van der Waals surface area contributed by atoms with Crippen molar-refractivity contribution < 1.29 is 14.3 Å². The van der Waals surface area contributed by atoms with Crippen LogP contribution in [-0.4, -0.2) is 22.9 Å². The number of rotatable bonds is 5. The van der Waals surface area contributed by atoms with Crippen LogP contribution in [0.3, 0.4) is 0 Å². The predicted octanol–water partition coefficient (Wildman–Crippen LogP) is 2.34. The van der Waals surface area contributed by atoms with Gasteiger partial charge >= 0.3 is 5.97 Å². The van der Waals surface area contributed by atoms with Gasteiger partial charge in [-0.25, -0.2) is 4.79 Å². The maximum absolute atomic E-state index is 12.0. The largest absolute Gasteiger partial charge is 0.461 e. The summed E-state index contributed by atoms with van der Waals surface area (Å²) in [6.45, 7) is 2.32. The third-order valence-electron chi connectivity index (χ3n) is 3.03. The van der Waals surface area contributed by atoms with Crippen molar-refractivity contribution in [2.45, 2.75) is 32.7 Å². The Balaban J connectivity index is 2.07. The lowest BCUT2D eigenvalue weighted by Gasteiger charge is -2.08. The van der Waals surface area contributed by atoms with E-state index in [0.717, 1.165) is 24.8 Å². The Morgan fingerprint density at radius 2 is 2.28 bits per heavy atom. The first-order valence-corrected chi connectivity index (χ1v) is 6.27. The second-order valence-electron chi connectivity index (χ2n) is 4.29. The second-order valence-corrected chi connectivity index (χ2v) is 4.29. The van der Waals surface area contributed by atoms with Gasteiger partial charge < -0.3 is 9.30 Å². The number of carbonyl (C=O) groups excluding carboxylic acids is 2. The number of esters is 1. The highest BCUT2D eigenvalue weighted by atomic mass is 16.5. The van der Waals surface area contributed by atoms with E-state index in [4.69, 9.17) is 4.74 Å². The molecule has 2 rings (SSSR count).